The van der Waals surface area contributed by atoms with Crippen LogP contribution in [0.25, 0.3) is 0 Å². The van der Waals surface area contributed by atoms with Crippen molar-refractivity contribution in [1.82, 2.24) is 4.31 Å². The Balaban J connectivity index is 1.43. The number of hydrogen-bond donors (Lipinski definition) is 0. The van der Waals surface area contributed by atoms with Crippen LogP contribution >= 0.6 is 0 Å². The molecule has 0 aliphatic carbocycles. The molecule has 0 bridgehead atoms. The molecule has 2 aliphatic rings. The molecule has 0 N–H and O–H groups in total. The molecule has 0 radical (unpaired) electrons. The first-order valence-electron chi connectivity index (χ1n) is 11.0. The van der Waals surface area contributed by atoms with E-state index in [9.17, 15) is 13.2 Å². The van der Waals surface area contributed by atoms with Crippen molar-refractivity contribution in [2.75, 3.05) is 31.1 Å². The van der Waals surface area contributed by atoms with Gasteiger partial charge in [-0.3, -0.25) is 4.79 Å². The summed E-state index contributed by atoms with van der Waals surface area (Å²) >= 11 is 0. The van der Waals surface area contributed by atoms with E-state index in [1.807, 2.05) is 24.3 Å². The SMILES string of the molecule is CC(C)c1ccc(OCC(=O)N2CCc3cc(S(=O)(=O)N4CCCCC4)ccc32)cc1. The van der Waals surface area contributed by atoms with Gasteiger partial charge < -0.3 is 9.64 Å². The van der Waals surface area contributed by atoms with Crippen LogP contribution in [0.4, 0.5) is 5.69 Å². The topological polar surface area (TPSA) is 66.9 Å². The lowest BCUT2D eigenvalue weighted by Crippen LogP contribution is -2.35. The molecule has 2 aromatic carbocycles. The minimum absolute atomic E-state index is 0.0473. The highest BCUT2D eigenvalue weighted by Gasteiger charge is 2.30. The molecule has 2 heterocycles. The molecule has 1 saturated heterocycles. The zero-order valence-corrected chi connectivity index (χ0v) is 19.0. The third kappa shape index (κ3) is 4.62. The van der Waals surface area contributed by atoms with Crippen LogP contribution in [0.2, 0.25) is 0 Å². The van der Waals surface area contributed by atoms with E-state index < -0.39 is 10.0 Å². The average Bonchev–Trinajstić information content (AvgIpc) is 3.22. The summed E-state index contributed by atoms with van der Waals surface area (Å²) in [5.74, 6) is 0.985. The molecule has 0 atom stereocenters. The number of hydrogen-bond acceptors (Lipinski definition) is 4. The van der Waals surface area contributed by atoms with Gasteiger partial charge in [0.25, 0.3) is 5.91 Å². The Labute approximate surface area is 184 Å². The molecule has 0 aromatic heterocycles. The second-order valence-corrected chi connectivity index (χ2v) is 10.5. The van der Waals surface area contributed by atoms with Crippen molar-refractivity contribution in [3.63, 3.8) is 0 Å². The van der Waals surface area contributed by atoms with Crippen molar-refractivity contribution in [3.05, 3.63) is 53.6 Å². The fourth-order valence-corrected chi connectivity index (χ4v) is 5.79. The average molecular weight is 443 g/mol. The Hall–Kier alpha value is -2.38. The number of fused-ring (bicyclic) bond motifs is 1. The molecule has 2 aliphatic heterocycles. The highest BCUT2D eigenvalue weighted by molar-refractivity contribution is 7.89. The lowest BCUT2D eigenvalue weighted by molar-refractivity contribution is -0.120. The van der Waals surface area contributed by atoms with Crippen molar-refractivity contribution in [2.24, 2.45) is 0 Å². The molecule has 31 heavy (non-hydrogen) atoms. The van der Waals surface area contributed by atoms with Gasteiger partial charge in [0, 0.05) is 25.3 Å². The number of benzene rings is 2. The number of anilines is 1. The maximum absolute atomic E-state index is 13.0. The van der Waals surface area contributed by atoms with E-state index in [2.05, 4.69) is 13.8 Å². The van der Waals surface area contributed by atoms with Gasteiger partial charge in [-0.2, -0.15) is 4.31 Å². The zero-order chi connectivity index (χ0) is 22.0. The van der Waals surface area contributed by atoms with Crippen LogP contribution in [0.15, 0.2) is 47.4 Å². The van der Waals surface area contributed by atoms with Crippen LogP contribution in [0.1, 0.15) is 50.2 Å². The smallest absolute Gasteiger partial charge is 0.264 e. The molecular weight excluding hydrogens is 412 g/mol. The summed E-state index contributed by atoms with van der Waals surface area (Å²) in [6.07, 6.45) is 3.55. The predicted octanol–water partition coefficient (Wildman–Crippen LogP) is 3.95. The van der Waals surface area contributed by atoms with Gasteiger partial charge in [0.15, 0.2) is 6.61 Å². The Bertz CT molecular complexity index is 1040. The molecule has 166 valence electrons. The number of sulfonamides is 1. The van der Waals surface area contributed by atoms with Gasteiger partial charge >= 0.3 is 0 Å². The van der Waals surface area contributed by atoms with Crippen LogP contribution in [-0.2, 0) is 21.2 Å². The molecule has 0 spiro atoms. The van der Waals surface area contributed by atoms with Crippen LogP contribution in [-0.4, -0.2) is 44.9 Å². The Morgan fingerprint density at radius 3 is 2.39 bits per heavy atom. The first-order chi connectivity index (χ1) is 14.9. The van der Waals surface area contributed by atoms with Crippen molar-refractivity contribution in [2.45, 2.75) is 50.3 Å². The van der Waals surface area contributed by atoms with Gasteiger partial charge in [0.2, 0.25) is 10.0 Å². The molecule has 2 aromatic rings. The minimum Gasteiger partial charge on any atom is -0.484 e. The summed E-state index contributed by atoms with van der Waals surface area (Å²) in [7, 11) is -3.47. The molecule has 0 saturated carbocycles. The molecular formula is C24H30N2O4S. The largest absolute Gasteiger partial charge is 0.484 e. The third-order valence-corrected chi connectivity index (χ3v) is 8.00. The van der Waals surface area contributed by atoms with Gasteiger partial charge in [0.05, 0.1) is 4.90 Å². The van der Waals surface area contributed by atoms with Crippen molar-refractivity contribution in [1.29, 1.82) is 0 Å². The summed E-state index contributed by atoms with van der Waals surface area (Å²) in [6.45, 7) is 5.92. The molecule has 4 rings (SSSR count). The van der Waals surface area contributed by atoms with E-state index in [4.69, 9.17) is 4.74 Å². The van der Waals surface area contributed by atoms with Crippen molar-refractivity contribution >= 4 is 21.6 Å². The number of ether oxygens (including phenoxy) is 1. The quantitative estimate of drug-likeness (QED) is 0.679. The Morgan fingerprint density at radius 2 is 1.71 bits per heavy atom. The summed E-state index contributed by atoms with van der Waals surface area (Å²) < 4.78 is 33.2. The lowest BCUT2D eigenvalue weighted by Gasteiger charge is -2.26. The maximum atomic E-state index is 13.0. The molecule has 0 unspecified atom stereocenters. The zero-order valence-electron chi connectivity index (χ0n) is 18.2. The molecule has 6 nitrogen and oxygen atoms in total. The van der Waals surface area contributed by atoms with Gasteiger partial charge in [-0.25, -0.2) is 8.42 Å². The van der Waals surface area contributed by atoms with Crippen LogP contribution < -0.4 is 9.64 Å². The lowest BCUT2D eigenvalue weighted by atomic mass is 10.0. The van der Waals surface area contributed by atoms with Crippen LogP contribution in [0.5, 0.6) is 5.75 Å². The normalized spacial score (nSPS) is 17.1. The number of carbonyl (C=O) groups excluding carboxylic acids is 1. The van der Waals surface area contributed by atoms with Crippen molar-refractivity contribution in [3.8, 4) is 5.75 Å². The monoisotopic (exact) mass is 442 g/mol. The van der Waals surface area contributed by atoms with Gasteiger partial charge in [-0.15, -0.1) is 0 Å². The summed E-state index contributed by atoms with van der Waals surface area (Å²) in [5.41, 5.74) is 2.90. The van der Waals surface area contributed by atoms with Crippen LogP contribution in [0, 0.1) is 0 Å². The van der Waals surface area contributed by atoms with Crippen molar-refractivity contribution < 1.29 is 17.9 Å². The Kier molecular flexibility index (Phi) is 6.34. The number of amides is 1. The highest BCUT2D eigenvalue weighted by Crippen LogP contribution is 2.32. The Morgan fingerprint density at radius 1 is 1.00 bits per heavy atom. The number of rotatable bonds is 6. The molecule has 1 amide bonds. The standard InChI is InChI=1S/C24H30N2O4S/c1-18(2)19-6-8-21(9-7-19)30-17-24(27)26-15-12-20-16-22(10-11-23(20)26)31(28,29)25-13-4-3-5-14-25/h6-11,16,18H,3-5,12-15,17H2,1-2H3. The van der Waals surface area contributed by atoms with Gasteiger partial charge in [-0.1, -0.05) is 32.4 Å². The van der Waals surface area contributed by atoms with E-state index >= 15 is 0 Å². The molecule has 7 heteroatoms. The number of carbonyl (C=O) groups is 1. The summed E-state index contributed by atoms with van der Waals surface area (Å²) in [5, 5.41) is 0. The second kappa shape index (κ2) is 9.01. The summed E-state index contributed by atoms with van der Waals surface area (Å²) in [6, 6.07) is 12.9. The fourth-order valence-electron chi connectivity index (χ4n) is 4.22. The van der Waals surface area contributed by atoms with E-state index in [1.54, 1.807) is 27.4 Å². The second-order valence-electron chi connectivity index (χ2n) is 8.56. The van der Waals surface area contributed by atoms with E-state index in [0.29, 0.717) is 42.6 Å². The first-order valence-corrected chi connectivity index (χ1v) is 12.5. The third-order valence-electron chi connectivity index (χ3n) is 6.11. The van der Waals surface area contributed by atoms with Gasteiger partial charge in [-0.05, 0) is 66.6 Å². The van der Waals surface area contributed by atoms with E-state index in [-0.39, 0.29) is 12.5 Å². The number of nitrogens with zero attached hydrogens (tertiary/aromatic N) is 2. The highest BCUT2D eigenvalue weighted by atomic mass is 32.2. The fraction of sp³-hybridized carbons (Fsp3) is 0.458. The van der Waals surface area contributed by atoms with Gasteiger partial charge in [0.1, 0.15) is 5.75 Å². The molecule has 1 fully saturated rings. The first kappa shape index (κ1) is 21.8. The van der Waals surface area contributed by atoms with Crippen LogP contribution in [0.3, 0.4) is 0 Å². The minimum atomic E-state index is -3.47. The predicted molar refractivity (Wildman–Crippen MR) is 121 cm³/mol. The van der Waals surface area contributed by atoms with E-state index in [0.717, 1.165) is 30.5 Å². The summed E-state index contributed by atoms with van der Waals surface area (Å²) in [4.78, 5) is 14.8. The van der Waals surface area contributed by atoms with E-state index in [1.165, 1.54) is 5.56 Å². The maximum Gasteiger partial charge on any atom is 0.264 e. The number of piperidine rings is 1.